The molecule has 25 heavy (non-hydrogen) atoms. The van der Waals surface area contributed by atoms with Crippen LogP contribution in [0.5, 0.6) is 5.75 Å². The van der Waals surface area contributed by atoms with E-state index in [0.29, 0.717) is 17.0 Å². The molecule has 2 aromatic carbocycles. The third-order valence-electron chi connectivity index (χ3n) is 3.51. The van der Waals surface area contributed by atoms with E-state index in [1.807, 2.05) is 0 Å². The lowest BCUT2D eigenvalue weighted by Gasteiger charge is -2.12. The summed E-state index contributed by atoms with van der Waals surface area (Å²) in [4.78, 5) is 16.7. The molecule has 3 rings (SSSR count). The minimum Gasteiger partial charge on any atom is -0.497 e. The van der Waals surface area contributed by atoms with E-state index in [9.17, 15) is 9.18 Å². The molecule has 0 aliphatic carbocycles. The molecule has 0 spiro atoms. The summed E-state index contributed by atoms with van der Waals surface area (Å²) in [5.41, 5.74) is 1.13. The second-order valence-electron chi connectivity index (χ2n) is 5.19. The molecule has 1 heterocycles. The SMILES string of the molecule is COc1cccc(NC(=O)c2cccnc2Nc2ccccc2F)c1. The number of carbonyl (C=O) groups excluding carboxylic acids is 1. The summed E-state index contributed by atoms with van der Waals surface area (Å²) in [7, 11) is 1.55. The smallest absolute Gasteiger partial charge is 0.259 e. The molecule has 0 atom stereocenters. The fourth-order valence-corrected chi connectivity index (χ4v) is 2.28. The van der Waals surface area contributed by atoms with E-state index in [4.69, 9.17) is 4.74 Å². The number of aromatic nitrogens is 1. The summed E-state index contributed by atoms with van der Waals surface area (Å²) < 4.78 is 19.0. The lowest BCUT2D eigenvalue weighted by Crippen LogP contribution is -2.14. The largest absolute Gasteiger partial charge is 0.497 e. The summed E-state index contributed by atoms with van der Waals surface area (Å²) in [5, 5.41) is 5.64. The first-order valence-corrected chi connectivity index (χ1v) is 7.59. The number of pyridine rings is 1. The van der Waals surface area contributed by atoms with Crippen molar-refractivity contribution in [1.29, 1.82) is 0 Å². The molecule has 126 valence electrons. The minimum atomic E-state index is -0.424. The van der Waals surface area contributed by atoms with Gasteiger partial charge in [-0.05, 0) is 36.4 Å². The highest BCUT2D eigenvalue weighted by molar-refractivity contribution is 6.07. The van der Waals surface area contributed by atoms with Crippen LogP contribution in [0.3, 0.4) is 0 Å². The number of para-hydroxylation sites is 1. The summed E-state index contributed by atoms with van der Waals surface area (Å²) in [6, 6.07) is 16.5. The van der Waals surface area contributed by atoms with Gasteiger partial charge >= 0.3 is 0 Å². The minimum absolute atomic E-state index is 0.247. The molecule has 0 saturated heterocycles. The van der Waals surface area contributed by atoms with Crippen LogP contribution < -0.4 is 15.4 Å². The Hall–Kier alpha value is -3.41. The quantitative estimate of drug-likeness (QED) is 0.731. The number of hydrogen-bond acceptors (Lipinski definition) is 4. The van der Waals surface area contributed by atoms with Crippen LogP contribution in [0.2, 0.25) is 0 Å². The molecule has 3 aromatic rings. The predicted molar refractivity (Wildman–Crippen MR) is 94.9 cm³/mol. The zero-order valence-electron chi connectivity index (χ0n) is 13.5. The van der Waals surface area contributed by atoms with Crippen LogP contribution in [0.4, 0.5) is 21.6 Å². The Bertz CT molecular complexity index is 899. The van der Waals surface area contributed by atoms with Crippen LogP contribution >= 0.6 is 0 Å². The van der Waals surface area contributed by atoms with Crippen LogP contribution in [0.25, 0.3) is 0 Å². The monoisotopic (exact) mass is 337 g/mol. The predicted octanol–water partition coefficient (Wildman–Crippen LogP) is 4.23. The Morgan fingerprint density at radius 1 is 1.08 bits per heavy atom. The number of halogens is 1. The average molecular weight is 337 g/mol. The van der Waals surface area contributed by atoms with Gasteiger partial charge in [-0.25, -0.2) is 9.37 Å². The Labute approximate surface area is 144 Å². The molecule has 5 nitrogen and oxygen atoms in total. The van der Waals surface area contributed by atoms with Gasteiger partial charge in [-0.1, -0.05) is 18.2 Å². The van der Waals surface area contributed by atoms with Gasteiger partial charge in [0.2, 0.25) is 0 Å². The third kappa shape index (κ3) is 3.92. The number of amides is 1. The van der Waals surface area contributed by atoms with Crippen LogP contribution in [-0.2, 0) is 0 Å². The summed E-state index contributed by atoms with van der Waals surface area (Å²) >= 11 is 0. The number of nitrogens with one attached hydrogen (secondary N) is 2. The van der Waals surface area contributed by atoms with Crippen LogP contribution in [-0.4, -0.2) is 18.0 Å². The van der Waals surface area contributed by atoms with Crippen molar-refractivity contribution < 1.29 is 13.9 Å². The maximum absolute atomic E-state index is 13.8. The van der Waals surface area contributed by atoms with Crippen LogP contribution in [0.1, 0.15) is 10.4 Å². The molecule has 0 fully saturated rings. The Morgan fingerprint density at radius 2 is 1.92 bits per heavy atom. The van der Waals surface area contributed by atoms with E-state index in [0.717, 1.165) is 0 Å². The van der Waals surface area contributed by atoms with Crippen molar-refractivity contribution in [2.45, 2.75) is 0 Å². The number of benzene rings is 2. The first-order valence-electron chi connectivity index (χ1n) is 7.59. The van der Waals surface area contributed by atoms with E-state index in [1.54, 1.807) is 61.7 Å². The third-order valence-corrected chi connectivity index (χ3v) is 3.51. The lowest BCUT2D eigenvalue weighted by atomic mass is 10.2. The fourth-order valence-electron chi connectivity index (χ4n) is 2.28. The van der Waals surface area contributed by atoms with Gasteiger partial charge in [0, 0.05) is 18.0 Å². The lowest BCUT2D eigenvalue weighted by molar-refractivity contribution is 0.102. The van der Waals surface area contributed by atoms with Gasteiger partial charge in [0.25, 0.3) is 5.91 Å². The van der Waals surface area contributed by atoms with Crippen LogP contribution in [0, 0.1) is 5.82 Å². The Morgan fingerprint density at radius 3 is 2.72 bits per heavy atom. The molecular formula is C19H16FN3O2. The number of ether oxygens (including phenoxy) is 1. The second kappa shape index (κ2) is 7.44. The molecule has 0 aliphatic heterocycles. The van der Waals surface area contributed by atoms with Crippen molar-refractivity contribution in [3.63, 3.8) is 0 Å². The highest BCUT2D eigenvalue weighted by Crippen LogP contribution is 2.23. The number of nitrogens with zero attached hydrogens (tertiary/aromatic N) is 1. The standard InChI is InChI=1S/C19H16FN3O2/c1-25-14-7-4-6-13(12-14)22-19(24)15-8-5-11-21-18(15)23-17-10-3-2-9-16(17)20/h2-12H,1H3,(H,21,23)(H,22,24). The Balaban J connectivity index is 1.84. The van der Waals surface area contributed by atoms with E-state index < -0.39 is 5.82 Å². The van der Waals surface area contributed by atoms with E-state index >= 15 is 0 Å². The maximum atomic E-state index is 13.8. The van der Waals surface area contributed by atoms with Crippen molar-refractivity contribution in [2.24, 2.45) is 0 Å². The van der Waals surface area contributed by atoms with Gasteiger partial charge in [-0.15, -0.1) is 0 Å². The number of carbonyl (C=O) groups is 1. The zero-order chi connectivity index (χ0) is 17.6. The number of rotatable bonds is 5. The molecule has 1 aromatic heterocycles. The molecular weight excluding hydrogens is 321 g/mol. The molecule has 0 bridgehead atoms. The van der Waals surface area contributed by atoms with E-state index in [1.165, 1.54) is 12.3 Å². The number of hydrogen-bond donors (Lipinski definition) is 2. The van der Waals surface area contributed by atoms with Gasteiger partial charge in [0.15, 0.2) is 0 Å². The Kier molecular flexibility index (Phi) is 4.89. The topological polar surface area (TPSA) is 63.2 Å². The highest BCUT2D eigenvalue weighted by Gasteiger charge is 2.14. The van der Waals surface area contributed by atoms with Crippen molar-refractivity contribution in [1.82, 2.24) is 4.98 Å². The second-order valence-corrected chi connectivity index (χ2v) is 5.19. The van der Waals surface area contributed by atoms with Crippen molar-refractivity contribution >= 4 is 23.1 Å². The summed E-state index contributed by atoms with van der Waals surface area (Å²) in [5.74, 6) is 0.120. The maximum Gasteiger partial charge on any atom is 0.259 e. The number of anilines is 3. The van der Waals surface area contributed by atoms with Crippen molar-refractivity contribution in [2.75, 3.05) is 17.7 Å². The first kappa shape index (κ1) is 16.4. The van der Waals surface area contributed by atoms with Gasteiger partial charge in [0.05, 0.1) is 18.4 Å². The molecule has 6 heteroatoms. The molecule has 0 saturated carbocycles. The number of methoxy groups -OCH3 is 1. The van der Waals surface area contributed by atoms with Gasteiger partial charge in [-0.2, -0.15) is 0 Å². The van der Waals surface area contributed by atoms with Gasteiger partial charge < -0.3 is 15.4 Å². The van der Waals surface area contributed by atoms with E-state index in [2.05, 4.69) is 15.6 Å². The summed E-state index contributed by atoms with van der Waals surface area (Å²) in [6.07, 6.45) is 1.53. The molecule has 2 N–H and O–H groups in total. The zero-order valence-corrected chi connectivity index (χ0v) is 13.5. The summed E-state index contributed by atoms with van der Waals surface area (Å²) in [6.45, 7) is 0. The van der Waals surface area contributed by atoms with E-state index in [-0.39, 0.29) is 17.4 Å². The average Bonchev–Trinajstić information content (AvgIpc) is 2.64. The fraction of sp³-hybridized carbons (Fsp3) is 0.0526. The first-order chi connectivity index (χ1) is 12.2. The molecule has 1 amide bonds. The molecule has 0 unspecified atom stereocenters. The molecule has 0 radical (unpaired) electrons. The van der Waals surface area contributed by atoms with Gasteiger partial charge in [-0.3, -0.25) is 4.79 Å². The van der Waals surface area contributed by atoms with Crippen LogP contribution in [0.15, 0.2) is 66.9 Å². The highest BCUT2D eigenvalue weighted by atomic mass is 19.1. The normalized spacial score (nSPS) is 10.2. The van der Waals surface area contributed by atoms with Crippen molar-refractivity contribution in [3.8, 4) is 5.75 Å². The van der Waals surface area contributed by atoms with Crippen molar-refractivity contribution in [3.05, 3.63) is 78.2 Å². The molecule has 0 aliphatic rings. The van der Waals surface area contributed by atoms with Gasteiger partial charge in [0.1, 0.15) is 17.4 Å².